The Morgan fingerprint density at radius 2 is 1.93 bits per heavy atom. The van der Waals surface area contributed by atoms with Crippen molar-refractivity contribution in [3.8, 4) is 0 Å². The van der Waals surface area contributed by atoms with E-state index in [4.69, 9.17) is 4.99 Å². The molecule has 0 saturated heterocycles. The van der Waals surface area contributed by atoms with E-state index in [-0.39, 0.29) is 35.8 Å². The standard InChI is InChI=1S/C20H30FN5S.HI/c1-5-17-13-24-19(27-17)11-12-23-20(22-6-2)25-14-18(26(3)4)15-7-9-16(21)10-8-15;/h7-10,13,18H,5-6,11-12,14H2,1-4H3,(H2,22,23,25);1H. The van der Waals surface area contributed by atoms with E-state index in [0.29, 0.717) is 6.54 Å². The SMILES string of the molecule is CCNC(=NCC(c1ccc(F)cc1)N(C)C)NCCc1ncc(CC)s1.I. The van der Waals surface area contributed by atoms with E-state index >= 15 is 0 Å². The van der Waals surface area contributed by atoms with Crippen LogP contribution in [0.4, 0.5) is 4.39 Å². The van der Waals surface area contributed by atoms with Gasteiger partial charge in [0.05, 0.1) is 17.6 Å². The molecule has 0 bridgehead atoms. The van der Waals surface area contributed by atoms with Crippen molar-refractivity contribution in [2.24, 2.45) is 4.99 Å². The molecule has 0 spiro atoms. The first kappa shape index (κ1) is 24.8. The van der Waals surface area contributed by atoms with Gasteiger partial charge in [-0.1, -0.05) is 19.1 Å². The summed E-state index contributed by atoms with van der Waals surface area (Å²) in [6, 6.07) is 6.73. The van der Waals surface area contributed by atoms with Crippen molar-refractivity contribution in [1.29, 1.82) is 0 Å². The number of rotatable bonds is 9. The molecule has 1 aromatic carbocycles. The van der Waals surface area contributed by atoms with Crippen molar-refractivity contribution in [1.82, 2.24) is 20.5 Å². The van der Waals surface area contributed by atoms with Crippen LogP contribution in [0.3, 0.4) is 0 Å². The van der Waals surface area contributed by atoms with Crippen molar-refractivity contribution >= 4 is 41.3 Å². The van der Waals surface area contributed by atoms with Crippen LogP contribution in [0.5, 0.6) is 0 Å². The third kappa shape index (κ3) is 8.00. The maximum absolute atomic E-state index is 13.2. The molecule has 8 heteroatoms. The van der Waals surface area contributed by atoms with Gasteiger partial charge in [-0.05, 0) is 45.1 Å². The molecule has 0 aliphatic rings. The lowest BCUT2D eigenvalue weighted by molar-refractivity contribution is 0.306. The van der Waals surface area contributed by atoms with Crippen molar-refractivity contribution < 1.29 is 4.39 Å². The topological polar surface area (TPSA) is 52.6 Å². The minimum Gasteiger partial charge on any atom is -0.357 e. The van der Waals surface area contributed by atoms with Gasteiger partial charge in [0.25, 0.3) is 0 Å². The molecule has 5 nitrogen and oxygen atoms in total. The molecule has 2 aromatic rings. The van der Waals surface area contributed by atoms with E-state index in [9.17, 15) is 4.39 Å². The zero-order chi connectivity index (χ0) is 19.6. The van der Waals surface area contributed by atoms with Gasteiger partial charge < -0.3 is 15.5 Å². The minimum atomic E-state index is -0.219. The number of halogens is 2. The van der Waals surface area contributed by atoms with E-state index in [2.05, 4.69) is 34.4 Å². The molecule has 0 aliphatic carbocycles. The lowest BCUT2D eigenvalue weighted by Gasteiger charge is -2.23. The number of aryl methyl sites for hydroxylation is 1. The van der Waals surface area contributed by atoms with Crippen LogP contribution in [0.15, 0.2) is 35.5 Å². The maximum atomic E-state index is 13.2. The van der Waals surface area contributed by atoms with E-state index in [1.165, 1.54) is 17.0 Å². The molecule has 0 aliphatic heterocycles. The Morgan fingerprint density at radius 3 is 2.50 bits per heavy atom. The van der Waals surface area contributed by atoms with E-state index in [1.54, 1.807) is 11.3 Å². The van der Waals surface area contributed by atoms with Crippen molar-refractivity contribution in [2.45, 2.75) is 32.7 Å². The summed E-state index contributed by atoms with van der Waals surface area (Å²) in [5.74, 6) is 0.571. The lowest BCUT2D eigenvalue weighted by Crippen LogP contribution is -2.39. The number of thiazole rings is 1. The number of aromatic nitrogens is 1. The van der Waals surface area contributed by atoms with Crippen LogP contribution in [0, 0.1) is 5.82 Å². The molecule has 1 unspecified atom stereocenters. The predicted molar refractivity (Wildman–Crippen MR) is 127 cm³/mol. The van der Waals surface area contributed by atoms with Crippen LogP contribution < -0.4 is 10.6 Å². The monoisotopic (exact) mass is 519 g/mol. The summed E-state index contributed by atoms with van der Waals surface area (Å²) in [4.78, 5) is 12.6. The fourth-order valence-electron chi connectivity index (χ4n) is 2.69. The quantitative estimate of drug-likeness (QED) is 0.300. The van der Waals surface area contributed by atoms with Gasteiger partial charge in [0.2, 0.25) is 0 Å². The first-order valence-corrected chi connectivity index (χ1v) is 10.2. The third-order valence-electron chi connectivity index (χ3n) is 4.23. The first-order chi connectivity index (χ1) is 13.0. The highest BCUT2D eigenvalue weighted by Crippen LogP contribution is 2.19. The smallest absolute Gasteiger partial charge is 0.191 e. The van der Waals surface area contributed by atoms with Gasteiger partial charge >= 0.3 is 0 Å². The van der Waals surface area contributed by atoms with Crippen LogP contribution in [0.1, 0.15) is 35.3 Å². The number of nitrogens with one attached hydrogen (secondary N) is 2. The molecule has 1 heterocycles. The van der Waals surface area contributed by atoms with Crippen LogP contribution in [0.25, 0.3) is 0 Å². The summed E-state index contributed by atoms with van der Waals surface area (Å²) >= 11 is 1.77. The zero-order valence-electron chi connectivity index (χ0n) is 17.0. The summed E-state index contributed by atoms with van der Waals surface area (Å²) < 4.78 is 13.2. The molecule has 1 atom stereocenters. The first-order valence-electron chi connectivity index (χ1n) is 9.41. The van der Waals surface area contributed by atoms with Gasteiger partial charge in [0, 0.05) is 30.6 Å². The molecule has 1 aromatic heterocycles. The number of nitrogens with zero attached hydrogens (tertiary/aromatic N) is 3. The van der Waals surface area contributed by atoms with Gasteiger partial charge in [-0.25, -0.2) is 9.37 Å². The van der Waals surface area contributed by atoms with E-state index in [1.807, 2.05) is 32.4 Å². The van der Waals surface area contributed by atoms with Gasteiger partial charge in [0.15, 0.2) is 5.96 Å². The average molecular weight is 519 g/mol. The third-order valence-corrected chi connectivity index (χ3v) is 5.43. The van der Waals surface area contributed by atoms with E-state index < -0.39 is 0 Å². The van der Waals surface area contributed by atoms with Crippen molar-refractivity contribution in [3.63, 3.8) is 0 Å². The van der Waals surface area contributed by atoms with Crippen LogP contribution >= 0.6 is 35.3 Å². The highest BCUT2D eigenvalue weighted by molar-refractivity contribution is 14.0. The number of guanidine groups is 1. The predicted octanol–water partition coefficient (Wildman–Crippen LogP) is 3.86. The van der Waals surface area contributed by atoms with Crippen LogP contribution in [-0.2, 0) is 12.8 Å². The number of aliphatic imine (C=N–C) groups is 1. The number of hydrogen-bond donors (Lipinski definition) is 2. The molecule has 0 radical (unpaired) electrons. The Kier molecular flexibility index (Phi) is 11.6. The summed E-state index contributed by atoms with van der Waals surface area (Å²) in [7, 11) is 4.02. The van der Waals surface area contributed by atoms with Crippen molar-refractivity contribution in [3.05, 3.63) is 51.7 Å². The summed E-state index contributed by atoms with van der Waals surface area (Å²) in [5.41, 5.74) is 1.05. The molecule has 2 rings (SSSR count). The second-order valence-corrected chi connectivity index (χ2v) is 7.70. The normalized spacial score (nSPS) is 12.6. The molecule has 0 saturated carbocycles. The minimum absolute atomic E-state index is 0. The Balaban J connectivity index is 0.00000392. The fraction of sp³-hybridized carbons (Fsp3) is 0.500. The Hall–Kier alpha value is -1.26. The average Bonchev–Trinajstić information content (AvgIpc) is 3.11. The Labute approximate surface area is 188 Å². The second kappa shape index (κ2) is 13.1. The Bertz CT molecular complexity index is 718. The van der Waals surface area contributed by atoms with Crippen LogP contribution in [-0.4, -0.2) is 49.6 Å². The number of hydrogen-bond acceptors (Lipinski definition) is 4. The summed E-state index contributed by atoms with van der Waals surface area (Å²) in [5, 5.41) is 7.81. The highest BCUT2D eigenvalue weighted by atomic mass is 127. The molecule has 0 fully saturated rings. The number of likely N-dealkylation sites (N-methyl/N-ethyl adjacent to an activating group) is 1. The summed E-state index contributed by atoms with van der Waals surface area (Å²) in [6.45, 7) is 6.37. The second-order valence-electron chi connectivity index (χ2n) is 6.50. The molecule has 156 valence electrons. The van der Waals surface area contributed by atoms with Gasteiger partial charge in [-0.15, -0.1) is 35.3 Å². The lowest BCUT2D eigenvalue weighted by atomic mass is 10.1. The Morgan fingerprint density at radius 1 is 1.21 bits per heavy atom. The van der Waals surface area contributed by atoms with Gasteiger partial charge in [-0.2, -0.15) is 0 Å². The van der Waals surface area contributed by atoms with Crippen molar-refractivity contribution in [2.75, 3.05) is 33.7 Å². The molecule has 0 amide bonds. The molecular weight excluding hydrogens is 488 g/mol. The fourth-order valence-corrected chi connectivity index (χ4v) is 3.55. The van der Waals surface area contributed by atoms with Gasteiger partial charge in [-0.3, -0.25) is 4.99 Å². The highest BCUT2D eigenvalue weighted by Gasteiger charge is 2.14. The van der Waals surface area contributed by atoms with Gasteiger partial charge in [0.1, 0.15) is 5.82 Å². The molecular formula is C20H31FIN5S. The van der Waals surface area contributed by atoms with E-state index in [0.717, 1.165) is 42.5 Å². The number of benzene rings is 1. The van der Waals surface area contributed by atoms with Crippen LogP contribution in [0.2, 0.25) is 0 Å². The summed E-state index contributed by atoms with van der Waals surface area (Å²) in [6.07, 6.45) is 3.87. The zero-order valence-corrected chi connectivity index (χ0v) is 20.2. The molecule has 28 heavy (non-hydrogen) atoms. The maximum Gasteiger partial charge on any atom is 0.191 e. The molecule has 2 N–H and O–H groups in total. The largest absolute Gasteiger partial charge is 0.357 e.